The summed E-state index contributed by atoms with van der Waals surface area (Å²) in [6, 6.07) is 7.98. The number of aromatic amines is 1. The topological polar surface area (TPSA) is 54.1 Å². The molecule has 1 aromatic carbocycles. The Kier molecular flexibility index (Phi) is 2.28. The Labute approximate surface area is 99.0 Å². The third-order valence-electron chi connectivity index (χ3n) is 3.00. The maximum atomic E-state index is 11.9. The van der Waals surface area contributed by atoms with Crippen LogP contribution in [0.2, 0.25) is 0 Å². The molecule has 1 fully saturated rings. The van der Waals surface area contributed by atoms with Gasteiger partial charge >= 0.3 is 0 Å². The molecule has 0 bridgehead atoms. The van der Waals surface area contributed by atoms with Crippen LogP contribution in [0.4, 0.5) is 0 Å². The van der Waals surface area contributed by atoms with Crippen LogP contribution in [-0.4, -0.2) is 24.0 Å². The number of rotatable bonds is 3. The number of carbonyl (C=O) groups excluding carboxylic acids is 1. The van der Waals surface area contributed by atoms with Crippen molar-refractivity contribution >= 4 is 16.8 Å². The van der Waals surface area contributed by atoms with Gasteiger partial charge in [-0.25, -0.2) is 0 Å². The average molecular weight is 230 g/mol. The monoisotopic (exact) mass is 230 g/mol. The fourth-order valence-electron chi connectivity index (χ4n) is 1.91. The summed E-state index contributed by atoms with van der Waals surface area (Å²) in [5.74, 6) is 0.721. The standard InChI is InChI=1S/C13H14N2O2/c1-17-11-4-2-3-8-7-10(15-12(8)11)13(16)14-9-5-6-9/h2-4,7,9,15H,5-6H2,1H3,(H,14,16). The molecular weight excluding hydrogens is 216 g/mol. The summed E-state index contributed by atoms with van der Waals surface area (Å²) in [6.45, 7) is 0. The maximum absolute atomic E-state index is 11.9. The van der Waals surface area contributed by atoms with Gasteiger partial charge in [0.05, 0.1) is 12.6 Å². The van der Waals surface area contributed by atoms with E-state index in [1.165, 1.54) is 0 Å². The number of nitrogens with one attached hydrogen (secondary N) is 2. The molecule has 1 heterocycles. The van der Waals surface area contributed by atoms with Crippen molar-refractivity contribution in [1.29, 1.82) is 0 Å². The number of ether oxygens (including phenoxy) is 1. The van der Waals surface area contributed by atoms with E-state index in [0.717, 1.165) is 29.5 Å². The van der Waals surface area contributed by atoms with Crippen LogP contribution >= 0.6 is 0 Å². The number of aromatic nitrogens is 1. The van der Waals surface area contributed by atoms with Gasteiger partial charge in [-0.15, -0.1) is 0 Å². The van der Waals surface area contributed by atoms with Crippen LogP contribution in [0.1, 0.15) is 23.3 Å². The Morgan fingerprint density at radius 3 is 3.00 bits per heavy atom. The summed E-state index contributed by atoms with van der Waals surface area (Å²) in [4.78, 5) is 15.0. The SMILES string of the molecule is COc1cccc2cc(C(=O)NC3CC3)[nH]c12. The van der Waals surface area contributed by atoms with E-state index in [0.29, 0.717) is 11.7 Å². The van der Waals surface area contributed by atoms with Crippen LogP contribution in [0, 0.1) is 0 Å². The van der Waals surface area contributed by atoms with E-state index >= 15 is 0 Å². The molecule has 0 atom stereocenters. The molecule has 1 aromatic heterocycles. The number of hydrogen-bond donors (Lipinski definition) is 2. The van der Waals surface area contributed by atoms with Crippen LogP contribution in [0.25, 0.3) is 10.9 Å². The minimum Gasteiger partial charge on any atom is -0.495 e. The molecule has 4 nitrogen and oxygen atoms in total. The molecule has 3 rings (SSSR count). The van der Waals surface area contributed by atoms with Crippen LogP contribution in [-0.2, 0) is 0 Å². The zero-order chi connectivity index (χ0) is 11.8. The molecule has 17 heavy (non-hydrogen) atoms. The van der Waals surface area contributed by atoms with Crippen molar-refractivity contribution in [3.63, 3.8) is 0 Å². The highest BCUT2D eigenvalue weighted by Gasteiger charge is 2.24. The van der Waals surface area contributed by atoms with Gasteiger partial charge in [-0.05, 0) is 25.0 Å². The molecule has 2 N–H and O–H groups in total. The number of methoxy groups -OCH3 is 1. The van der Waals surface area contributed by atoms with Crippen LogP contribution in [0.5, 0.6) is 5.75 Å². The second-order valence-electron chi connectivity index (χ2n) is 4.36. The minimum atomic E-state index is -0.0363. The fraction of sp³-hybridized carbons (Fsp3) is 0.308. The van der Waals surface area contributed by atoms with Crippen molar-refractivity contribution < 1.29 is 9.53 Å². The van der Waals surface area contributed by atoms with Gasteiger partial charge in [0.1, 0.15) is 11.4 Å². The first-order valence-electron chi connectivity index (χ1n) is 5.74. The van der Waals surface area contributed by atoms with Gasteiger partial charge in [0.25, 0.3) is 5.91 Å². The highest BCUT2D eigenvalue weighted by Crippen LogP contribution is 2.26. The van der Waals surface area contributed by atoms with Crippen molar-refractivity contribution in [2.75, 3.05) is 7.11 Å². The van der Waals surface area contributed by atoms with Crippen molar-refractivity contribution in [2.45, 2.75) is 18.9 Å². The van der Waals surface area contributed by atoms with Gasteiger partial charge in [0, 0.05) is 11.4 Å². The summed E-state index contributed by atoms with van der Waals surface area (Å²) in [5.41, 5.74) is 1.47. The van der Waals surface area contributed by atoms with E-state index in [2.05, 4.69) is 10.3 Å². The van der Waals surface area contributed by atoms with Crippen LogP contribution in [0.3, 0.4) is 0 Å². The molecule has 1 aliphatic rings. The smallest absolute Gasteiger partial charge is 0.267 e. The first-order valence-corrected chi connectivity index (χ1v) is 5.74. The number of hydrogen-bond acceptors (Lipinski definition) is 2. The molecule has 0 saturated heterocycles. The number of carbonyl (C=O) groups is 1. The van der Waals surface area contributed by atoms with Crippen LogP contribution < -0.4 is 10.1 Å². The first-order chi connectivity index (χ1) is 8.28. The van der Waals surface area contributed by atoms with E-state index in [1.807, 2.05) is 24.3 Å². The molecule has 0 unspecified atom stereocenters. The largest absolute Gasteiger partial charge is 0.495 e. The number of benzene rings is 1. The molecule has 1 saturated carbocycles. The predicted molar refractivity (Wildman–Crippen MR) is 65.3 cm³/mol. The van der Waals surface area contributed by atoms with Gasteiger partial charge in [0.2, 0.25) is 0 Å². The normalized spacial score (nSPS) is 14.9. The van der Waals surface area contributed by atoms with Crippen molar-refractivity contribution in [2.24, 2.45) is 0 Å². The Hall–Kier alpha value is -1.97. The highest BCUT2D eigenvalue weighted by atomic mass is 16.5. The van der Waals surface area contributed by atoms with Gasteiger partial charge in [-0.3, -0.25) is 4.79 Å². The molecule has 0 radical (unpaired) electrons. The summed E-state index contributed by atoms with van der Waals surface area (Å²) < 4.78 is 5.25. The number of H-pyrrole nitrogens is 1. The van der Waals surface area contributed by atoms with Crippen LogP contribution in [0.15, 0.2) is 24.3 Å². The Morgan fingerprint density at radius 1 is 1.47 bits per heavy atom. The lowest BCUT2D eigenvalue weighted by Gasteiger charge is -2.00. The van der Waals surface area contributed by atoms with Crippen molar-refractivity contribution in [3.05, 3.63) is 30.0 Å². The molecule has 2 aromatic rings. The zero-order valence-electron chi connectivity index (χ0n) is 9.62. The highest BCUT2D eigenvalue weighted by molar-refractivity contribution is 5.99. The fourth-order valence-corrected chi connectivity index (χ4v) is 1.91. The summed E-state index contributed by atoms with van der Waals surface area (Å²) in [5, 5.41) is 3.95. The first kappa shape index (κ1) is 10.2. The molecule has 1 amide bonds. The van der Waals surface area contributed by atoms with E-state index < -0.39 is 0 Å². The zero-order valence-corrected chi connectivity index (χ0v) is 9.62. The van der Waals surface area contributed by atoms with Gasteiger partial charge in [-0.1, -0.05) is 12.1 Å². The van der Waals surface area contributed by atoms with E-state index in [1.54, 1.807) is 7.11 Å². The number of amides is 1. The Balaban J connectivity index is 1.97. The van der Waals surface area contributed by atoms with Gasteiger partial charge < -0.3 is 15.0 Å². The minimum absolute atomic E-state index is 0.0363. The lowest BCUT2D eigenvalue weighted by Crippen LogP contribution is -2.25. The third-order valence-corrected chi connectivity index (χ3v) is 3.00. The van der Waals surface area contributed by atoms with Gasteiger partial charge in [-0.2, -0.15) is 0 Å². The van der Waals surface area contributed by atoms with E-state index in [4.69, 9.17) is 4.74 Å². The maximum Gasteiger partial charge on any atom is 0.267 e. The molecule has 0 spiro atoms. The lowest BCUT2D eigenvalue weighted by molar-refractivity contribution is 0.0947. The molecule has 4 heteroatoms. The van der Waals surface area contributed by atoms with Gasteiger partial charge in [0.15, 0.2) is 0 Å². The summed E-state index contributed by atoms with van der Waals surface area (Å²) in [7, 11) is 1.62. The summed E-state index contributed by atoms with van der Waals surface area (Å²) >= 11 is 0. The molecule has 88 valence electrons. The molecular formula is C13H14N2O2. The van der Waals surface area contributed by atoms with Crippen molar-refractivity contribution in [1.82, 2.24) is 10.3 Å². The predicted octanol–water partition coefficient (Wildman–Crippen LogP) is 2.07. The number of fused-ring (bicyclic) bond motifs is 1. The summed E-state index contributed by atoms with van der Waals surface area (Å²) in [6.07, 6.45) is 2.19. The Morgan fingerprint density at radius 2 is 2.29 bits per heavy atom. The molecule has 0 aliphatic heterocycles. The Bertz CT molecular complexity index is 570. The molecule has 1 aliphatic carbocycles. The quantitative estimate of drug-likeness (QED) is 0.848. The number of para-hydroxylation sites is 1. The second kappa shape index (κ2) is 3.80. The van der Waals surface area contributed by atoms with E-state index in [-0.39, 0.29) is 5.91 Å². The third kappa shape index (κ3) is 1.86. The lowest BCUT2D eigenvalue weighted by atomic mass is 10.2. The van der Waals surface area contributed by atoms with E-state index in [9.17, 15) is 4.79 Å². The van der Waals surface area contributed by atoms with Crippen molar-refractivity contribution in [3.8, 4) is 5.75 Å². The average Bonchev–Trinajstić information content (AvgIpc) is 3.04. The second-order valence-corrected chi connectivity index (χ2v) is 4.36.